The zero-order valence-electron chi connectivity index (χ0n) is 15.4. The molecule has 4 aliphatic rings. The molecule has 1 aromatic rings. The number of cyclic esters (lactones) is 1. The first-order valence-electron chi connectivity index (χ1n) is 9.54. The second kappa shape index (κ2) is 5.42. The van der Waals surface area contributed by atoms with Crippen LogP contribution in [0.15, 0.2) is 18.2 Å². The number of aryl methyl sites for hydroxylation is 1. The number of hydrogen-bond donors (Lipinski definition) is 1. The minimum absolute atomic E-state index is 0.0431. The molecule has 0 bridgehead atoms. The van der Waals surface area contributed by atoms with Gasteiger partial charge in [-0.1, -0.05) is 12.1 Å². The number of nitrogens with zero attached hydrogens (tertiary/aromatic N) is 1. The Morgan fingerprint density at radius 1 is 1.29 bits per heavy atom. The monoisotopic (exact) mass is 394 g/mol. The number of piperidine rings is 1. The lowest BCUT2D eigenvalue weighted by Crippen LogP contribution is -2.58. The molecule has 4 fully saturated rings. The Kier molecular flexibility index (Phi) is 3.45. The summed E-state index contributed by atoms with van der Waals surface area (Å²) in [5.74, 6) is 0.116. The van der Waals surface area contributed by atoms with Gasteiger partial charge in [0.1, 0.15) is 6.61 Å². The van der Waals surface area contributed by atoms with Crippen molar-refractivity contribution in [1.29, 1.82) is 0 Å². The van der Waals surface area contributed by atoms with Crippen molar-refractivity contribution in [3.63, 3.8) is 0 Å². The number of ether oxygens (including phenoxy) is 1. The number of nitrogens with one attached hydrogen (secondary N) is 1. The summed E-state index contributed by atoms with van der Waals surface area (Å²) in [5.41, 5.74) is -0.428. The summed E-state index contributed by atoms with van der Waals surface area (Å²) in [7, 11) is 0. The molecule has 1 N–H and O–H groups in total. The Morgan fingerprint density at radius 2 is 2.04 bits per heavy atom. The first kappa shape index (κ1) is 17.8. The number of halogens is 3. The number of hydrogen-bond acceptors (Lipinski definition) is 3. The largest absolute Gasteiger partial charge is 0.447 e. The number of amides is 2. The van der Waals surface area contributed by atoms with Crippen LogP contribution in [0.25, 0.3) is 0 Å². The van der Waals surface area contributed by atoms with Gasteiger partial charge in [0.2, 0.25) is 5.91 Å². The van der Waals surface area contributed by atoms with Crippen molar-refractivity contribution in [2.75, 3.05) is 19.7 Å². The number of alkyl carbamates (subject to hydrolysis) is 1. The average molecular weight is 394 g/mol. The van der Waals surface area contributed by atoms with E-state index in [2.05, 4.69) is 5.32 Å². The summed E-state index contributed by atoms with van der Waals surface area (Å²) in [6, 6.07) is 4.58. The van der Waals surface area contributed by atoms with E-state index in [0.717, 1.165) is 6.42 Å². The second-order valence-electron chi connectivity index (χ2n) is 8.89. The van der Waals surface area contributed by atoms with Gasteiger partial charge in [0.25, 0.3) is 0 Å². The lowest BCUT2D eigenvalue weighted by molar-refractivity contribution is -0.141. The van der Waals surface area contributed by atoms with Crippen molar-refractivity contribution >= 4 is 12.0 Å². The molecule has 0 aromatic heterocycles. The molecule has 2 amide bonds. The van der Waals surface area contributed by atoms with Crippen molar-refractivity contribution in [2.24, 2.45) is 11.8 Å². The molecule has 2 aliphatic heterocycles. The third-order valence-electron chi connectivity index (χ3n) is 7.05. The van der Waals surface area contributed by atoms with Crippen LogP contribution in [-0.4, -0.2) is 42.1 Å². The van der Waals surface area contributed by atoms with Gasteiger partial charge in [-0.05, 0) is 49.3 Å². The molecular weight excluding hydrogens is 373 g/mol. The quantitative estimate of drug-likeness (QED) is 0.839. The number of rotatable bonds is 2. The lowest BCUT2D eigenvalue weighted by Gasteiger charge is -2.43. The third kappa shape index (κ3) is 2.53. The number of fused-ring (bicyclic) bond motifs is 1. The summed E-state index contributed by atoms with van der Waals surface area (Å²) < 4.78 is 44.8. The maximum atomic E-state index is 13.3. The summed E-state index contributed by atoms with van der Waals surface area (Å²) in [4.78, 5) is 25.9. The lowest BCUT2D eigenvalue weighted by atomic mass is 9.68. The van der Waals surface area contributed by atoms with Crippen LogP contribution in [0.4, 0.5) is 18.0 Å². The normalized spacial score (nSPS) is 36.0. The molecule has 0 radical (unpaired) electrons. The van der Waals surface area contributed by atoms with E-state index < -0.39 is 23.4 Å². The number of benzene rings is 1. The molecule has 150 valence electrons. The van der Waals surface area contributed by atoms with Gasteiger partial charge in [-0.25, -0.2) is 4.79 Å². The molecule has 1 spiro atoms. The Labute approximate surface area is 160 Å². The first-order valence-corrected chi connectivity index (χ1v) is 9.54. The molecule has 28 heavy (non-hydrogen) atoms. The van der Waals surface area contributed by atoms with E-state index in [0.29, 0.717) is 38.1 Å². The summed E-state index contributed by atoms with van der Waals surface area (Å²) in [6.07, 6.45) is -2.85. The van der Waals surface area contributed by atoms with Gasteiger partial charge in [-0.15, -0.1) is 0 Å². The molecule has 1 aromatic carbocycles. The highest BCUT2D eigenvalue weighted by Crippen LogP contribution is 2.60. The Hall–Kier alpha value is -2.25. The standard InChI is InChI=1S/C20H21F3N2O3/c1-11-2-3-13(4-15(11)20(21,22)23)19-7-14(19)8-25(9-19)16(26)12-5-18(6-12)10-28-17(27)24-18/h2-4,12,14H,5-10H2,1H3,(H,24,27)/t12-,14?,18+,19?. The van der Waals surface area contributed by atoms with Crippen molar-refractivity contribution in [1.82, 2.24) is 10.2 Å². The van der Waals surface area contributed by atoms with Crippen LogP contribution >= 0.6 is 0 Å². The molecule has 5 nitrogen and oxygen atoms in total. The summed E-state index contributed by atoms with van der Waals surface area (Å²) in [6.45, 7) is 2.84. The van der Waals surface area contributed by atoms with Crippen molar-refractivity contribution < 1.29 is 27.5 Å². The van der Waals surface area contributed by atoms with E-state index in [1.54, 1.807) is 11.0 Å². The fourth-order valence-corrected chi connectivity index (χ4v) is 5.36. The number of carbonyl (C=O) groups excluding carboxylic acids is 2. The molecule has 2 atom stereocenters. The van der Waals surface area contributed by atoms with Crippen LogP contribution in [0, 0.1) is 18.8 Å². The molecule has 5 rings (SSSR count). The van der Waals surface area contributed by atoms with Gasteiger partial charge in [-0.3, -0.25) is 4.79 Å². The molecule has 2 heterocycles. The summed E-state index contributed by atoms with van der Waals surface area (Å²) in [5, 5.41) is 2.78. The van der Waals surface area contributed by atoms with Gasteiger partial charge >= 0.3 is 12.3 Å². The minimum Gasteiger partial charge on any atom is -0.447 e. The van der Waals surface area contributed by atoms with E-state index >= 15 is 0 Å². The third-order valence-corrected chi connectivity index (χ3v) is 7.05. The Bertz CT molecular complexity index is 878. The fraction of sp³-hybridized carbons (Fsp3) is 0.600. The van der Waals surface area contributed by atoms with E-state index in [9.17, 15) is 22.8 Å². The van der Waals surface area contributed by atoms with Crippen LogP contribution in [0.2, 0.25) is 0 Å². The van der Waals surface area contributed by atoms with Crippen LogP contribution in [-0.2, 0) is 21.1 Å². The highest BCUT2D eigenvalue weighted by molar-refractivity contribution is 5.82. The van der Waals surface area contributed by atoms with Crippen LogP contribution in [0.5, 0.6) is 0 Å². The second-order valence-corrected chi connectivity index (χ2v) is 8.89. The minimum atomic E-state index is -4.37. The molecule has 2 saturated carbocycles. The maximum Gasteiger partial charge on any atom is 0.416 e. The SMILES string of the molecule is Cc1ccc(C23CC2CN(C(=O)[C@H]2C[C@]4(COC(=O)N4)C2)C3)cc1C(F)(F)F. The van der Waals surface area contributed by atoms with Crippen LogP contribution in [0.3, 0.4) is 0 Å². The van der Waals surface area contributed by atoms with E-state index in [-0.39, 0.29) is 28.7 Å². The highest BCUT2D eigenvalue weighted by Gasteiger charge is 2.63. The van der Waals surface area contributed by atoms with Gasteiger partial charge in [-0.2, -0.15) is 13.2 Å². The predicted molar refractivity (Wildman–Crippen MR) is 92.5 cm³/mol. The summed E-state index contributed by atoms with van der Waals surface area (Å²) >= 11 is 0. The Morgan fingerprint density at radius 3 is 2.68 bits per heavy atom. The molecule has 2 aliphatic carbocycles. The van der Waals surface area contributed by atoms with Crippen LogP contribution < -0.4 is 5.32 Å². The molecular formula is C20H21F3N2O3. The van der Waals surface area contributed by atoms with E-state index in [1.807, 2.05) is 0 Å². The van der Waals surface area contributed by atoms with E-state index in [1.165, 1.54) is 19.1 Å². The number of alkyl halides is 3. The topological polar surface area (TPSA) is 58.6 Å². The zero-order chi connectivity index (χ0) is 19.9. The molecule has 8 heteroatoms. The van der Waals surface area contributed by atoms with Gasteiger partial charge < -0.3 is 15.0 Å². The molecule has 2 unspecified atom stereocenters. The Balaban J connectivity index is 1.29. The van der Waals surface area contributed by atoms with Crippen LogP contribution in [0.1, 0.15) is 36.0 Å². The van der Waals surface area contributed by atoms with Gasteiger partial charge in [0.15, 0.2) is 0 Å². The predicted octanol–water partition coefficient (Wildman–Crippen LogP) is 3.00. The number of carbonyl (C=O) groups is 2. The van der Waals surface area contributed by atoms with Gasteiger partial charge in [0, 0.05) is 24.4 Å². The average Bonchev–Trinajstić information content (AvgIpc) is 2.96. The highest BCUT2D eigenvalue weighted by atomic mass is 19.4. The van der Waals surface area contributed by atoms with Gasteiger partial charge in [0.05, 0.1) is 11.1 Å². The van der Waals surface area contributed by atoms with Crippen molar-refractivity contribution in [2.45, 2.75) is 43.3 Å². The molecule has 2 saturated heterocycles. The van der Waals surface area contributed by atoms with E-state index in [4.69, 9.17) is 4.74 Å². The smallest absolute Gasteiger partial charge is 0.416 e. The van der Waals surface area contributed by atoms with Crippen molar-refractivity contribution in [3.8, 4) is 0 Å². The first-order chi connectivity index (χ1) is 13.1. The maximum absolute atomic E-state index is 13.3. The number of likely N-dealkylation sites (tertiary alicyclic amines) is 1. The van der Waals surface area contributed by atoms with Crippen molar-refractivity contribution in [3.05, 3.63) is 34.9 Å². The fourth-order valence-electron chi connectivity index (χ4n) is 5.36. The zero-order valence-corrected chi connectivity index (χ0v) is 15.4.